The molecule has 0 atom stereocenters. The van der Waals surface area contributed by atoms with Gasteiger partial charge in [0.2, 0.25) is 0 Å². The van der Waals surface area contributed by atoms with E-state index in [2.05, 4.69) is 16.9 Å². The Hall–Kier alpha value is -2.43. The molecule has 0 saturated carbocycles. The molecule has 2 heterocycles. The van der Waals surface area contributed by atoms with Gasteiger partial charge in [-0.05, 0) is 6.42 Å². The van der Waals surface area contributed by atoms with Crippen LogP contribution in [0, 0.1) is 0 Å². The van der Waals surface area contributed by atoms with E-state index in [4.69, 9.17) is 10.8 Å². The standard InChI is InChI=1S/C15H17N5/c1-2-3-9-20-15-12(14(16)17-10-18-15)13(19-20)11-7-5-4-6-8-11/h4-8,10H,2-3,9H2,1H3,(H2,16,17,18). The fourth-order valence-corrected chi connectivity index (χ4v) is 2.29. The third-order valence-electron chi connectivity index (χ3n) is 3.33. The molecule has 3 rings (SSSR count). The average Bonchev–Trinajstić information content (AvgIpc) is 2.86. The van der Waals surface area contributed by atoms with E-state index in [1.54, 1.807) is 0 Å². The van der Waals surface area contributed by atoms with Crippen molar-refractivity contribution in [1.82, 2.24) is 19.7 Å². The van der Waals surface area contributed by atoms with E-state index in [1.807, 2.05) is 35.0 Å². The van der Waals surface area contributed by atoms with Gasteiger partial charge in [-0.25, -0.2) is 14.6 Å². The molecule has 0 aliphatic carbocycles. The average molecular weight is 267 g/mol. The number of anilines is 1. The van der Waals surface area contributed by atoms with Crippen LogP contribution in [0.5, 0.6) is 0 Å². The molecule has 0 aliphatic heterocycles. The molecule has 5 heteroatoms. The second-order valence-corrected chi connectivity index (χ2v) is 4.75. The van der Waals surface area contributed by atoms with Crippen molar-refractivity contribution in [3.05, 3.63) is 36.7 Å². The van der Waals surface area contributed by atoms with E-state index in [0.717, 1.165) is 41.7 Å². The van der Waals surface area contributed by atoms with E-state index < -0.39 is 0 Å². The Kier molecular flexibility index (Phi) is 3.33. The zero-order valence-corrected chi connectivity index (χ0v) is 11.5. The molecule has 0 bridgehead atoms. The number of benzene rings is 1. The van der Waals surface area contributed by atoms with Crippen LogP contribution in [0.15, 0.2) is 36.7 Å². The highest BCUT2D eigenvalue weighted by Crippen LogP contribution is 2.29. The zero-order chi connectivity index (χ0) is 13.9. The van der Waals surface area contributed by atoms with Gasteiger partial charge in [0.1, 0.15) is 17.8 Å². The van der Waals surface area contributed by atoms with Crippen LogP contribution in [0.25, 0.3) is 22.3 Å². The van der Waals surface area contributed by atoms with E-state index in [9.17, 15) is 0 Å². The number of hydrogen-bond donors (Lipinski definition) is 1. The predicted molar refractivity (Wildman–Crippen MR) is 80.1 cm³/mol. The van der Waals surface area contributed by atoms with Crippen molar-refractivity contribution in [2.24, 2.45) is 0 Å². The minimum Gasteiger partial charge on any atom is -0.383 e. The SMILES string of the molecule is CCCCn1nc(-c2ccccc2)c2c(N)ncnc21. The number of nitrogen functional groups attached to an aromatic ring is 1. The summed E-state index contributed by atoms with van der Waals surface area (Å²) in [5.41, 5.74) is 8.73. The molecule has 102 valence electrons. The first-order valence-corrected chi connectivity index (χ1v) is 6.83. The minimum atomic E-state index is 0.483. The Morgan fingerprint density at radius 1 is 1.15 bits per heavy atom. The molecule has 0 radical (unpaired) electrons. The van der Waals surface area contributed by atoms with Crippen LogP contribution in [-0.2, 0) is 6.54 Å². The third kappa shape index (κ3) is 2.11. The maximum Gasteiger partial charge on any atom is 0.163 e. The first-order valence-electron chi connectivity index (χ1n) is 6.83. The van der Waals surface area contributed by atoms with E-state index in [0.29, 0.717) is 5.82 Å². The van der Waals surface area contributed by atoms with Crippen LogP contribution in [0.2, 0.25) is 0 Å². The summed E-state index contributed by atoms with van der Waals surface area (Å²) in [6.07, 6.45) is 3.67. The highest BCUT2D eigenvalue weighted by atomic mass is 15.3. The van der Waals surface area contributed by atoms with Crippen molar-refractivity contribution in [1.29, 1.82) is 0 Å². The number of nitrogens with two attached hydrogens (primary N) is 1. The summed E-state index contributed by atoms with van der Waals surface area (Å²) in [7, 11) is 0. The second-order valence-electron chi connectivity index (χ2n) is 4.75. The van der Waals surface area contributed by atoms with Crippen molar-refractivity contribution < 1.29 is 0 Å². The summed E-state index contributed by atoms with van der Waals surface area (Å²) in [5.74, 6) is 0.483. The number of hydrogen-bond acceptors (Lipinski definition) is 4. The normalized spacial score (nSPS) is 11.1. The van der Waals surface area contributed by atoms with Crippen LogP contribution in [-0.4, -0.2) is 19.7 Å². The van der Waals surface area contributed by atoms with Crippen molar-refractivity contribution in [2.75, 3.05) is 5.73 Å². The largest absolute Gasteiger partial charge is 0.383 e. The van der Waals surface area contributed by atoms with Gasteiger partial charge < -0.3 is 5.73 Å². The molecule has 3 aromatic rings. The van der Waals surface area contributed by atoms with Gasteiger partial charge >= 0.3 is 0 Å². The van der Waals surface area contributed by atoms with Gasteiger partial charge in [-0.1, -0.05) is 43.7 Å². The molecule has 0 aliphatic rings. The number of nitrogens with zero attached hydrogens (tertiary/aromatic N) is 4. The van der Waals surface area contributed by atoms with E-state index in [1.165, 1.54) is 6.33 Å². The van der Waals surface area contributed by atoms with E-state index >= 15 is 0 Å². The number of aryl methyl sites for hydroxylation is 1. The fourth-order valence-electron chi connectivity index (χ4n) is 2.29. The summed E-state index contributed by atoms with van der Waals surface area (Å²) < 4.78 is 1.93. The van der Waals surface area contributed by atoms with Gasteiger partial charge in [0.25, 0.3) is 0 Å². The summed E-state index contributed by atoms with van der Waals surface area (Å²) in [5, 5.41) is 5.53. The molecular weight excluding hydrogens is 250 g/mol. The first kappa shape index (κ1) is 12.6. The number of rotatable bonds is 4. The highest BCUT2D eigenvalue weighted by Gasteiger charge is 2.16. The smallest absolute Gasteiger partial charge is 0.163 e. The Morgan fingerprint density at radius 2 is 1.95 bits per heavy atom. The van der Waals surface area contributed by atoms with Gasteiger partial charge in [0.05, 0.1) is 5.39 Å². The Labute approximate surface area is 117 Å². The summed E-state index contributed by atoms with van der Waals surface area (Å²) in [4.78, 5) is 8.45. The molecule has 20 heavy (non-hydrogen) atoms. The second kappa shape index (κ2) is 5.28. The Bertz CT molecular complexity index is 718. The quantitative estimate of drug-likeness (QED) is 0.789. The molecule has 0 unspecified atom stereocenters. The molecule has 0 fully saturated rings. The topological polar surface area (TPSA) is 69.6 Å². The lowest BCUT2D eigenvalue weighted by molar-refractivity contribution is 0.585. The monoisotopic (exact) mass is 267 g/mol. The first-order chi connectivity index (χ1) is 9.81. The predicted octanol–water partition coefficient (Wildman–Crippen LogP) is 2.88. The van der Waals surface area contributed by atoms with Gasteiger partial charge in [0, 0.05) is 12.1 Å². The van der Waals surface area contributed by atoms with Crippen molar-refractivity contribution in [3.63, 3.8) is 0 Å². The lowest BCUT2D eigenvalue weighted by atomic mass is 10.1. The maximum atomic E-state index is 6.03. The van der Waals surface area contributed by atoms with Crippen molar-refractivity contribution in [3.8, 4) is 11.3 Å². The summed E-state index contributed by atoms with van der Waals surface area (Å²) >= 11 is 0. The molecule has 0 spiro atoms. The van der Waals surface area contributed by atoms with Crippen LogP contribution >= 0.6 is 0 Å². The molecule has 0 amide bonds. The lowest BCUT2D eigenvalue weighted by Gasteiger charge is -2.00. The highest BCUT2D eigenvalue weighted by molar-refractivity contribution is 5.98. The van der Waals surface area contributed by atoms with Gasteiger partial charge in [-0.2, -0.15) is 5.10 Å². The third-order valence-corrected chi connectivity index (χ3v) is 3.33. The van der Waals surface area contributed by atoms with Gasteiger partial charge in [-0.15, -0.1) is 0 Å². The minimum absolute atomic E-state index is 0.483. The molecule has 2 aromatic heterocycles. The maximum absolute atomic E-state index is 6.03. The van der Waals surface area contributed by atoms with Crippen molar-refractivity contribution in [2.45, 2.75) is 26.3 Å². The number of aromatic nitrogens is 4. The molecule has 5 nitrogen and oxygen atoms in total. The number of fused-ring (bicyclic) bond motifs is 1. The van der Waals surface area contributed by atoms with E-state index in [-0.39, 0.29) is 0 Å². The van der Waals surface area contributed by atoms with Crippen LogP contribution in [0.1, 0.15) is 19.8 Å². The fraction of sp³-hybridized carbons (Fsp3) is 0.267. The van der Waals surface area contributed by atoms with Gasteiger partial charge in [-0.3, -0.25) is 0 Å². The molecular formula is C15H17N5. The Balaban J connectivity index is 2.21. The van der Waals surface area contributed by atoms with Crippen LogP contribution in [0.4, 0.5) is 5.82 Å². The van der Waals surface area contributed by atoms with Crippen molar-refractivity contribution >= 4 is 16.9 Å². The molecule has 2 N–H and O–H groups in total. The van der Waals surface area contributed by atoms with Crippen LogP contribution in [0.3, 0.4) is 0 Å². The van der Waals surface area contributed by atoms with Gasteiger partial charge in [0.15, 0.2) is 5.65 Å². The zero-order valence-electron chi connectivity index (χ0n) is 11.5. The lowest BCUT2D eigenvalue weighted by Crippen LogP contribution is -2.01. The molecule has 0 saturated heterocycles. The van der Waals surface area contributed by atoms with Crippen LogP contribution < -0.4 is 5.73 Å². The molecule has 1 aromatic carbocycles. The summed E-state index contributed by atoms with van der Waals surface area (Å²) in [6.45, 7) is 3.00. The Morgan fingerprint density at radius 3 is 2.70 bits per heavy atom. The number of unbranched alkanes of at least 4 members (excludes halogenated alkanes) is 1. The summed E-state index contributed by atoms with van der Waals surface area (Å²) in [6, 6.07) is 10.0.